The van der Waals surface area contributed by atoms with Crippen molar-refractivity contribution in [3.63, 3.8) is 0 Å². The highest BCUT2D eigenvalue weighted by atomic mass is 79.9. The third-order valence-corrected chi connectivity index (χ3v) is 4.57. The van der Waals surface area contributed by atoms with Crippen LogP contribution >= 0.6 is 15.9 Å². The largest absolute Gasteiger partial charge is 0.310 e. The number of para-hydroxylation sites is 1. The van der Waals surface area contributed by atoms with Crippen molar-refractivity contribution in [2.24, 2.45) is 11.8 Å². The van der Waals surface area contributed by atoms with E-state index in [9.17, 15) is 14.4 Å². The number of carbonyl (C=O) groups is 3. The molecule has 1 unspecified atom stereocenters. The van der Waals surface area contributed by atoms with E-state index in [0.29, 0.717) is 6.54 Å². The first-order chi connectivity index (χ1) is 10.6. The van der Waals surface area contributed by atoms with E-state index in [0.717, 1.165) is 23.0 Å². The topological polar surface area (TPSA) is 78.5 Å². The lowest BCUT2D eigenvalue weighted by Gasteiger charge is -2.18. The van der Waals surface area contributed by atoms with Crippen molar-refractivity contribution in [2.45, 2.75) is 19.3 Å². The SMILES string of the molecule is O=C(NNC(=O)C1CC(=O)N(c2ccccc2Br)C1)C1CC1. The fourth-order valence-electron chi connectivity index (χ4n) is 2.46. The zero-order valence-electron chi connectivity index (χ0n) is 11.8. The Kier molecular flexibility index (Phi) is 4.15. The van der Waals surface area contributed by atoms with Crippen molar-refractivity contribution in [2.75, 3.05) is 11.4 Å². The molecule has 0 bridgehead atoms. The third kappa shape index (κ3) is 3.14. The molecule has 1 heterocycles. The Labute approximate surface area is 136 Å². The number of carbonyl (C=O) groups excluding carboxylic acids is 3. The molecule has 1 aromatic carbocycles. The maximum Gasteiger partial charge on any atom is 0.243 e. The second kappa shape index (κ2) is 6.08. The molecule has 1 aliphatic carbocycles. The Morgan fingerprint density at radius 1 is 1.09 bits per heavy atom. The lowest BCUT2D eigenvalue weighted by atomic mass is 10.1. The molecule has 2 fully saturated rings. The molecule has 1 aromatic rings. The Morgan fingerprint density at radius 2 is 1.73 bits per heavy atom. The summed E-state index contributed by atoms with van der Waals surface area (Å²) >= 11 is 3.41. The van der Waals surface area contributed by atoms with Crippen LogP contribution in [-0.2, 0) is 14.4 Å². The molecule has 1 saturated heterocycles. The number of benzene rings is 1. The molecule has 0 radical (unpaired) electrons. The molecule has 2 aliphatic rings. The summed E-state index contributed by atoms with van der Waals surface area (Å²) in [4.78, 5) is 37.3. The number of halogens is 1. The molecule has 1 saturated carbocycles. The molecule has 3 amide bonds. The maximum atomic E-state index is 12.1. The molecule has 1 aliphatic heterocycles. The highest BCUT2D eigenvalue weighted by Gasteiger charge is 2.36. The zero-order chi connectivity index (χ0) is 15.7. The molecule has 6 nitrogen and oxygen atoms in total. The van der Waals surface area contributed by atoms with E-state index in [1.165, 1.54) is 0 Å². The second-order valence-corrected chi connectivity index (χ2v) is 6.46. The first-order valence-corrected chi connectivity index (χ1v) is 8.00. The van der Waals surface area contributed by atoms with E-state index < -0.39 is 5.92 Å². The van der Waals surface area contributed by atoms with Gasteiger partial charge < -0.3 is 4.90 Å². The number of nitrogens with zero attached hydrogens (tertiary/aromatic N) is 1. The second-order valence-electron chi connectivity index (χ2n) is 5.61. The van der Waals surface area contributed by atoms with Crippen molar-refractivity contribution in [3.8, 4) is 0 Å². The average Bonchev–Trinajstić information content (AvgIpc) is 3.28. The maximum absolute atomic E-state index is 12.1. The van der Waals surface area contributed by atoms with E-state index in [1.807, 2.05) is 24.3 Å². The van der Waals surface area contributed by atoms with Crippen molar-refractivity contribution < 1.29 is 14.4 Å². The van der Waals surface area contributed by atoms with Crippen LogP contribution in [0.15, 0.2) is 28.7 Å². The van der Waals surface area contributed by atoms with Gasteiger partial charge in [0.1, 0.15) is 0 Å². The summed E-state index contributed by atoms with van der Waals surface area (Å²) in [6.45, 7) is 0.312. The fraction of sp³-hybridized carbons (Fsp3) is 0.400. The van der Waals surface area contributed by atoms with Crippen LogP contribution in [0.1, 0.15) is 19.3 Å². The van der Waals surface area contributed by atoms with E-state index in [4.69, 9.17) is 0 Å². The van der Waals surface area contributed by atoms with Crippen molar-refractivity contribution in [1.29, 1.82) is 0 Å². The first-order valence-electron chi connectivity index (χ1n) is 7.21. The van der Waals surface area contributed by atoms with Crippen molar-refractivity contribution in [3.05, 3.63) is 28.7 Å². The van der Waals surface area contributed by atoms with E-state index in [1.54, 1.807) is 4.90 Å². The lowest BCUT2D eigenvalue weighted by molar-refractivity contribution is -0.131. The minimum Gasteiger partial charge on any atom is -0.310 e. The van der Waals surface area contributed by atoms with Crippen LogP contribution in [0, 0.1) is 11.8 Å². The van der Waals surface area contributed by atoms with Gasteiger partial charge in [0, 0.05) is 23.4 Å². The number of hydrogen-bond donors (Lipinski definition) is 2. The Balaban J connectivity index is 1.60. The lowest BCUT2D eigenvalue weighted by Crippen LogP contribution is -2.45. The number of hydrogen-bond acceptors (Lipinski definition) is 3. The minimum atomic E-state index is -0.459. The summed E-state index contributed by atoms with van der Waals surface area (Å²) in [6, 6.07) is 7.39. The normalized spacial score (nSPS) is 20.9. The van der Waals surface area contributed by atoms with E-state index >= 15 is 0 Å². The number of hydrazine groups is 1. The van der Waals surface area contributed by atoms with Gasteiger partial charge in [-0.2, -0.15) is 0 Å². The van der Waals surface area contributed by atoms with Gasteiger partial charge in [-0.05, 0) is 40.9 Å². The zero-order valence-corrected chi connectivity index (χ0v) is 13.4. The monoisotopic (exact) mass is 365 g/mol. The van der Waals surface area contributed by atoms with Crippen LogP contribution in [-0.4, -0.2) is 24.3 Å². The molecular formula is C15H16BrN3O3. The molecular weight excluding hydrogens is 350 g/mol. The highest BCUT2D eigenvalue weighted by Crippen LogP contribution is 2.31. The first kappa shape index (κ1) is 15.0. The predicted octanol–water partition coefficient (Wildman–Crippen LogP) is 1.36. The summed E-state index contributed by atoms with van der Waals surface area (Å²) in [6.07, 6.45) is 1.89. The van der Waals surface area contributed by atoms with Crippen molar-refractivity contribution in [1.82, 2.24) is 10.9 Å². The van der Waals surface area contributed by atoms with Crippen LogP contribution in [0.4, 0.5) is 5.69 Å². The summed E-state index contributed by atoms with van der Waals surface area (Å²) in [5.41, 5.74) is 5.60. The standard InChI is InChI=1S/C15H16BrN3O3/c16-11-3-1-2-4-12(11)19-8-10(7-13(19)20)15(22)18-17-14(21)9-5-6-9/h1-4,9-10H,5-8H2,(H,17,21)(H,18,22). The van der Waals surface area contributed by atoms with Gasteiger partial charge in [0.15, 0.2) is 0 Å². The van der Waals surface area contributed by atoms with Gasteiger partial charge in [-0.15, -0.1) is 0 Å². The molecule has 7 heteroatoms. The van der Waals surface area contributed by atoms with Crippen LogP contribution in [0.2, 0.25) is 0 Å². The van der Waals surface area contributed by atoms with Gasteiger partial charge in [-0.25, -0.2) is 0 Å². The third-order valence-electron chi connectivity index (χ3n) is 3.90. The van der Waals surface area contributed by atoms with E-state index in [2.05, 4.69) is 26.8 Å². The van der Waals surface area contributed by atoms with Gasteiger partial charge in [0.25, 0.3) is 0 Å². The van der Waals surface area contributed by atoms with Crippen molar-refractivity contribution >= 4 is 39.3 Å². The van der Waals surface area contributed by atoms with Crippen LogP contribution in [0.25, 0.3) is 0 Å². The number of nitrogens with one attached hydrogen (secondary N) is 2. The van der Waals surface area contributed by atoms with Crippen LogP contribution in [0.3, 0.4) is 0 Å². The van der Waals surface area contributed by atoms with Gasteiger partial charge in [0.2, 0.25) is 17.7 Å². The van der Waals surface area contributed by atoms with Crippen LogP contribution in [0.5, 0.6) is 0 Å². The van der Waals surface area contributed by atoms with Gasteiger partial charge in [-0.1, -0.05) is 12.1 Å². The number of anilines is 1. The van der Waals surface area contributed by atoms with Gasteiger partial charge >= 0.3 is 0 Å². The highest BCUT2D eigenvalue weighted by molar-refractivity contribution is 9.10. The molecule has 2 N–H and O–H groups in total. The smallest absolute Gasteiger partial charge is 0.243 e. The number of rotatable bonds is 3. The number of amides is 3. The van der Waals surface area contributed by atoms with Crippen LogP contribution < -0.4 is 15.8 Å². The molecule has 116 valence electrons. The Morgan fingerprint density at radius 3 is 2.36 bits per heavy atom. The molecule has 1 atom stereocenters. The minimum absolute atomic E-state index is 0.0299. The molecule has 22 heavy (non-hydrogen) atoms. The molecule has 0 spiro atoms. The fourth-order valence-corrected chi connectivity index (χ4v) is 2.96. The summed E-state index contributed by atoms with van der Waals surface area (Å²) in [7, 11) is 0. The average molecular weight is 366 g/mol. The summed E-state index contributed by atoms with van der Waals surface area (Å²) in [5, 5.41) is 0. The van der Waals surface area contributed by atoms with Gasteiger partial charge in [0.05, 0.1) is 11.6 Å². The Bertz CT molecular complexity index is 630. The molecule has 0 aromatic heterocycles. The van der Waals surface area contributed by atoms with Gasteiger partial charge in [-0.3, -0.25) is 25.2 Å². The summed E-state index contributed by atoms with van der Waals surface area (Å²) < 4.78 is 0.812. The predicted molar refractivity (Wildman–Crippen MR) is 83.6 cm³/mol. The van der Waals surface area contributed by atoms with E-state index in [-0.39, 0.29) is 30.1 Å². The molecule has 3 rings (SSSR count). The summed E-state index contributed by atoms with van der Waals surface area (Å²) in [5.74, 6) is -1.00. The Hall–Kier alpha value is -1.89. The quantitative estimate of drug-likeness (QED) is 0.793.